The highest BCUT2D eigenvalue weighted by Crippen LogP contribution is 2.19. The van der Waals surface area contributed by atoms with Crippen LogP contribution in [0.25, 0.3) is 0 Å². The van der Waals surface area contributed by atoms with Gasteiger partial charge in [-0.15, -0.1) is 0 Å². The number of urea groups is 1. The molecule has 0 aromatic heterocycles. The predicted octanol–water partition coefficient (Wildman–Crippen LogP) is 2.88. The first-order chi connectivity index (χ1) is 8.18. The molecule has 0 atom stereocenters. The fourth-order valence-corrected chi connectivity index (χ4v) is 2.75. The van der Waals surface area contributed by atoms with Crippen LogP contribution in [0.1, 0.15) is 11.1 Å². The molecule has 1 aromatic rings. The van der Waals surface area contributed by atoms with Crippen molar-refractivity contribution in [3.05, 3.63) is 29.3 Å². The summed E-state index contributed by atoms with van der Waals surface area (Å²) in [5.41, 5.74) is 3.28. The minimum absolute atomic E-state index is 0.0269. The van der Waals surface area contributed by atoms with Crippen LogP contribution in [-0.2, 0) is 0 Å². The molecule has 0 saturated carbocycles. The van der Waals surface area contributed by atoms with E-state index in [0.717, 1.165) is 35.8 Å². The van der Waals surface area contributed by atoms with Crippen molar-refractivity contribution in [1.29, 1.82) is 0 Å². The highest BCUT2D eigenvalue weighted by molar-refractivity contribution is 7.99. The Bertz CT molecular complexity index is 414. The molecule has 4 heteroatoms. The van der Waals surface area contributed by atoms with E-state index in [0.29, 0.717) is 0 Å². The van der Waals surface area contributed by atoms with Gasteiger partial charge in [0.25, 0.3) is 0 Å². The number of anilines is 1. The molecular weight excluding hydrogens is 232 g/mol. The zero-order valence-electron chi connectivity index (χ0n) is 10.3. The Hall–Kier alpha value is -1.16. The van der Waals surface area contributed by atoms with Crippen LogP contribution in [-0.4, -0.2) is 35.5 Å². The molecule has 0 aliphatic carbocycles. The second kappa shape index (κ2) is 5.45. The molecule has 2 rings (SSSR count). The Morgan fingerprint density at radius 2 is 2.00 bits per heavy atom. The number of aryl methyl sites for hydroxylation is 1. The van der Waals surface area contributed by atoms with Crippen molar-refractivity contribution in [2.75, 3.05) is 29.9 Å². The van der Waals surface area contributed by atoms with Gasteiger partial charge in [-0.1, -0.05) is 12.1 Å². The van der Waals surface area contributed by atoms with Crippen LogP contribution in [0, 0.1) is 13.8 Å². The van der Waals surface area contributed by atoms with Crippen molar-refractivity contribution in [2.45, 2.75) is 13.8 Å². The van der Waals surface area contributed by atoms with E-state index < -0.39 is 0 Å². The lowest BCUT2D eigenvalue weighted by molar-refractivity contribution is 0.217. The second-order valence-corrected chi connectivity index (χ2v) is 5.50. The summed E-state index contributed by atoms with van der Waals surface area (Å²) in [6.45, 7) is 5.79. The monoisotopic (exact) mass is 250 g/mol. The van der Waals surface area contributed by atoms with Crippen molar-refractivity contribution >= 4 is 23.5 Å². The quantitative estimate of drug-likeness (QED) is 0.831. The molecule has 17 heavy (non-hydrogen) atoms. The Labute approximate surface area is 107 Å². The summed E-state index contributed by atoms with van der Waals surface area (Å²) < 4.78 is 0. The van der Waals surface area contributed by atoms with Gasteiger partial charge in [0.05, 0.1) is 0 Å². The predicted molar refractivity (Wildman–Crippen MR) is 73.8 cm³/mol. The third-order valence-electron chi connectivity index (χ3n) is 3.14. The number of benzene rings is 1. The van der Waals surface area contributed by atoms with Gasteiger partial charge in [0.2, 0.25) is 0 Å². The molecule has 0 spiro atoms. The average Bonchev–Trinajstić information content (AvgIpc) is 2.36. The first-order valence-electron chi connectivity index (χ1n) is 5.88. The number of nitrogens with one attached hydrogen (secondary N) is 1. The lowest BCUT2D eigenvalue weighted by Gasteiger charge is -2.27. The molecule has 1 saturated heterocycles. The molecule has 1 aliphatic heterocycles. The van der Waals surface area contributed by atoms with Crippen LogP contribution in [0.2, 0.25) is 0 Å². The van der Waals surface area contributed by atoms with Crippen molar-refractivity contribution in [2.24, 2.45) is 0 Å². The van der Waals surface area contributed by atoms with E-state index in [1.807, 2.05) is 35.7 Å². The van der Waals surface area contributed by atoms with Crippen LogP contribution in [0.3, 0.4) is 0 Å². The molecule has 1 fully saturated rings. The minimum atomic E-state index is 0.0269. The molecule has 92 valence electrons. The highest BCUT2D eigenvalue weighted by Gasteiger charge is 2.17. The van der Waals surface area contributed by atoms with E-state index in [1.54, 1.807) is 0 Å². The average molecular weight is 250 g/mol. The van der Waals surface area contributed by atoms with Crippen LogP contribution in [0.15, 0.2) is 18.2 Å². The van der Waals surface area contributed by atoms with Gasteiger partial charge in [0.15, 0.2) is 0 Å². The summed E-state index contributed by atoms with van der Waals surface area (Å²) in [5.74, 6) is 2.08. The van der Waals surface area contributed by atoms with Crippen molar-refractivity contribution < 1.29 is 4.79 Å². The number of thioether (sulfide) groups is 1. The third kappa shape index (κ3) is 2.94. The molecule has 1 aliphatic rings. The lowest BCUT2D eigenvalue weighted by Crippen LogP contribution is -2.40. The van der Waals surface area contributed by atoms with E-state index in [-0.39, 0.29) is 6.03 Å². The van der Waals surface area contributed by atoms with Gasteiger partial charge in [0, 0.05) is 30.3 Å². The summed E-state index contributed by atoms with van der Waals surface area (Å²) in [6, 6.07) is 6.02. The molecule has 0 unspecified atom stereocenters. The molecule has 0 radical (unpaired) electrons. The van der Waals surface area contributed by atoms with E-state index in [2.05, 4.69) is 18.3 Å². The first-order valence-corrected chi connectivity index (χ1v) is 7.04. The third-order valence-corrected chi connectivity index (χ3v) is 4.09. The molecule has 2 amide bonds. The SMILES string of the molecule is Cc1cccc(NC(=O)N2CCSCC2)c1C. The van der Waals surface area contributed by atoms with Gasteiger partial charge >= 0.3 is 6.03 Å². The minimum Gasteiger partial charge on any atom is -0.323 e. The molecular formula is C13H18N2OS. The van der Waals surface area contributed by atoms with Gasteiger partial charge < -0.3 is 10.2 Å². The summed E-state index contributed by atoms with van der Waals surface area (Å²) in [6.07, 6.45) is 0. The normalized spacial score (nSPS) is 15.8. The lowest BCUT2D eigenvalue weighted by atomic mass is 10.1. The first kappa shape index (κ1) is 12.3. The summed E-state index contributed by atoms with van der Waals surface area (Å²) in [5, 5.41) is 3.00. The topological polar surface area (TPSA) is 32.3 Å². The Kier molecular flexibility index (Phi) is 3.94. The van der Waals surface area contributed by atoms with Crippen LogP contribution >= 0.6 is 11.8 Å². The largest absolute Gasteiger partial charge is 0.323 e. The number of carbonyl (C=O) groups is 1. The number of hydrogen-bond acceptors (Lipinski definition) is 2. The maximum Gasteiger partial charge on any atom is 0.321 e. The summed E-state index contributed by atoms with van der Waals surface area (Å²) in [4.78, 5) is 13.9. The summed E-state index contributed by atoms with van der Waals surface area (Å²) >= 11 is 1.91. The number of carbonyl (C=O) groups excluding carboxylic acids is 1. The van der Waals surface area contributed by atoms with Crippen LogP contribution < -0.4 is 5.32 Å². The Morgan fingerprint density at radius 1 is 1.29 bits per heavy atom. The molecule has 1 N–H and O–H groups in total. The van der Waals surface area contributed by atoms with Gasteiger partial charge in [-0.05, 0) is 31.0 Å². The fraction of sp³-hybridized carbons (Fsp3) is 0.462. The molecule has 0 bridgehead atoms. The number of rotatable bonds is 1. The van der Waals surface area contributed by atoms with Gasteiger partial charge in [0.1, 0.15) is 0 Å². The highest BCUT2D eigenvalue weighted by atomic mass is 32.2. The number of hydrogen-bond donors (Lipinski definition) is 1. The molecule has 1 aromatic carbocycles. The van der Waals surface area contributed by atoms with Gasteiger partial charge in [-0.2, -0.15) is 11.8 Å². The van der Waals surface area contributed by atoms with Gasteiger partial charge in [-0.25, -0.2) is 4.79 Å². The van der Waals surface area contributed by atoms with Crippen molar-refractivity contribution in [3.63, 3.8) is 0 Å². The maximum absolute atomic E-state index is 12.0. The van der Waals surface area contributed by atoms with Crippen LogP contribution in [0.4, 0.5) is 10.5 Å². The van der Waals surface area contributed by atoms with E-state index in [1.165, 1.54) is 5.56 Å². The molecule has 3 nitrogen and oxygen atoms in total. The van der Waals surface area contributed by atoms with Crippen LogP contribution in [0.5, 0.6) is 0 Å². The zero-order chi connectivity index (χ0) is 12.3. The standard InChI is InChI=1S/C13H18N2OS/c1-10-4-3-5-12(11(10)2)14-13(16)15-6-8-17-9-7-15/h3-5H,6-9H2,1-2H3,(H,14,16). The Morgan fingerprint density at radius 3 is 2.71 bits per heavy atom. The number of amides is 2. The van der Waals surface area contributed by atoms with Gasteiger partial charge in [-0.3, -0.25) is 0 Å². The number of nitrogens with zero attached hydrogens (tertiary/aromatic N) is 1. The smallest absolute Gasteiger partial charge is 0.321 e. The zero-order valence-corrected chi connectivity index (χ0v) is 11.1. The van der Waals surface area contributed by atoms with Crippen molar-refractivity contribution in [3.8, 4) is 0 Å². The van der Waals surface area contributed by atoms with Crippen molar-refractivity contribution in [1.82, 2.24) is 4.90 Å². The molecule has 1 heterocycles. The fourth-order valence-electron chi connectivity index (χ4n) is 1.85. The van der Waals surface area contributed by atoms with E-state index in [9.17, 15) is 4.79 Å². The maximum atomic E-state index is 12.0. The van der Waals surface area contributed by atoms with E-state index in [4.69, 9.17) is 0 Å². The second-order valence-electron chi connectivity index (χ2n) is 4.28. The summed E-state index contributed by atoms with van der Waals surface area (Å²) in [7, 11) is 0. The van der Waals surface area contributed by atoms with E-state index >= 15 is 0 Å². The Balaban J connectivity index is 2.04.